The zero-order valence-electron chi connectivity index (χ0n) is 23.3. The molecule has 0 atom stereocenters. The maximum absolute atomic E-state index is 6.73. The second-order valence-electron chi connectivity index (χ2n) is 11.7. The van der Waals surface area contributed by atoms with Crippen molar-refractivity contribution < 1.29 is 4.42 Å². The lowest BCUT2D eigenvalue weighted by Crippen LogP contribution is -2.50. The van der Waals surface area contributed by atoms with E-state index < -0.39 is 0 Å². The van der Waals surface area contributed by atoms with E-state index in [9.17, 15) is 0 Å². The first kappa shape index (κ1) is 24.5. The average molecular weight is 576 g/mol. The van der Waals surface area contributed by atoms with Gasteiger partial charge in [0.15, 0.2) is 0 Å². The maximum atomic E-state index is 6.73. The van der Waals surface area contributed by atoms with Crippen LogP contribution in [0.2, 0.25) is 0 Å². The smallest absolute Gasteiger partial charge is 0.251 e. The molecule has 5 heteroatoms. The molecule has 1 aliphatic carbocycles. The Morgan fingerprint density at radius 3 is 2.05 bits per heavy atom. The van der Waals surface area contributed by atoms with E-state index in [1.165, 1.54) is 46.9 Å². The molecule has 3 heterocycles. The van der Waals surface area contributed by atoms with Crippen molar-refractivity contribution >= 4 is 74.7 Å². The van der Waals surface area contributed by atoms with E-state index in [4.69, 9.17) is 4.42 Å². The highest BCUT2D eigenvalue weighted by Crippen LogP contribution is 2.59. The molecule has 0 saturated carbocycles. The number of rotatable bonds is 3. The minimum Gasteiger partial charge on any atom is -0.457 e. The molecule has 0 fully saturated rings. The van der Waals surface area contributed by atoms with Gasteiger partial charge in [-0.2, -0.15) is 0 Å². The molecule has 0 spiro atoms. The number of hydrogen-bond acceptors (Lipinski definition) is 4. The highest BCUT2D eigenvalue weighted by atomic mass is 32.2. The summed E-state index contributed by atoms with van der Waals surface area (Å²) >= 11 is 3.85. The van der Waals surface area contributed by atoms with Gasteiger partial charge in [0.1, 0.15) is 11.3 Å². The van der Waals surface area contributed by atoms with Gasteiger partial charge in [0.05, 0.1) is 0 Å². The molecule has 5 aromatic carbocycles. The Hall–Kier alpha value is -4.06. The van der Waals surface area contributed by atoms with Crippen LogP contribution < -0.4 is 15.8 Å². The normalized spacial score (nSPS) is 15.7. The second-order valence-corrected chi connectivity index (χ2v) is 13.8. The van der Waals surface area contributed by atoms with Crippen LogP contribution in [0, 0.1) is 0 Å². The van der Waals surface area contributed by atoms with Crippen molar-refractivity contribution in [3.8, 4) is 0 Å². The molecule has 1 aromatic heterocycles. The van der Waals surface area contributed by atoms with Crippen molar-refractivity contribution in [3.05, 3.63) is 138 Å². The lowest BCUT2D eigenvalue weighted by Gasteiger charge is -2.35. The van der Waals surface area contributed by atoms with Gasteiger partial charge in [0, 0.05) is 48.1 Å². The van der Waals surface area contributed by atoms with Crippen molar-refractivity contribution in [1.29, 1.82) is 0 Å². The first-order valence-electron chi connectivity index (χ1n) is 14.4. The average Bonchev–Trinajstić information content (AvgIpc) is 3.51. The summed E-state index contributed by atoms with van der Waals surface area (Å²) in [7, 11) is 0. The molecular formula is C37H26BNOS2. The van der Waals surface area contributed by atoms with Crippen LogP contribution in [0.3, 0.4) is 0 Å². The van der Waals surface area contributed by atoms with Crippen molar-refractivity contribution in [1.82, 2.24) is 0 Å². The zero-order valence-corrected chi connectivity index (χ0v) is 24.9. The molecule has 0 bridgehead atoms. The number of thioether (sulfide) groups is 1. The van der Waals surface area contributed by atoms with Crippen LogP contribution in [-0.4, -0.2) is 6.71 Å². The van der Waals surface area contributed by atoms with Crippen LogP contribution in [0.15, 0.2) is 145 Å². The summed E-state index contributed by atoms with van der Waals surface area (Å²) in [6.45, 7) is 4.88. The number of allylic oxidation sites excluding steroid dienone is 1. The number of anilines is 3. The summed E-state index contributed by atoms with van der Waals surface area (Å²) in [6, 6.07) is 43.7. The van der Waals surface area contributed by atoms with Crippen LogP contribution in [0.25, 0.3) is 16.4 Å². The molecule has 2 aliphatic heterocycles. The predicted molar refractivity (Wildman–Crippen MR) is 179 cm³/mol. The zero-order chi connectivity index (χ0) is 28.0. The second kappa shape index (κ2) is 8.97. The standard InChI is InChI=1S/C37H26BNOS2/c1-37(2)32-26-16-9-10-17-28(26)40-35(32)34-36(37)42-30-19-11-18-29-33(30)38(34)27-21-20-25(22-31(27)41-29)39(23-12-5-3-6-13-23)24-14-7-4-8-15-24/h3-22H,1-2H3. The fourth-order valence-electron chi connectivity index (χ4n) is 7.11. The first-order valence-corrected chi connectivity index (χ1v) is 16.0. The van der Waals surface area contributed by atoms with Crippen molar-refractivity contribution in [3.63, 3.8) is 0 Å². The van der Waals surface area contributed by atoms with E-state index in [0.717, 1.165) is 28.4 Å². The van der Waals surface area contributed by atoms with E-state index in [1.807, 2.05) is 23.5 Å². The monoisotopic (exact) mass is 575 g/mol. The molecule has 0 radical (unpaired) electrons. The first-order chi connectivity index (χ1) is 20.6. The molecule has 9 rings (SSSR count). The number of nitrogens with zero attached hydrogens (tertiary/aromatic N) is 1. The lowest BCUT2D eigenvalue weighted by atomic mass is 9.35. The number of fused-ring (bicyclic) bond motifs is 7. The van der Waals surface area contributed by atoms with Crippen molar-refractivity contribution in [2.45, 2.75) is 33.9 Å². The van der Waals surface area contributed by atoms with Crippen LogP contribution >= 0.6 is 23.5 Å². The van der Waals surface area contributed by atoms with E-state index in [-0.39, 0.29) is 12.1 Å². The summed E-state index contributed by atoms with van der Waals surface area (Å²) in [4.78, 5) is 7.80. The molecule has 6 aromatic rings. The van der Waals surface area contributed by atoms with Crippen LogP contribution in [0.1, 0.15) is 25.2 Å². The third kappa shape index (κ3) is 3.38. The number of benzene rings is 5. The third-order valence-corrected chi connectivity index (χ3v) is 11.6. The van der Waals surface area contributed by atoms with Gasteiger partial charge in [-0.1, -0.05) is 110 Å². The van der Waals surface area contributed by atoms with E-state index in [0.29, 0.717) is 0 Å². The minimum absolute atomic E-state index is 0.127. The quantitative estimate of drug-likeness (QED) is 0.196. The molecule has 0 amide bonds. The Morgan fingerprint density at radius 1 is 0.643 bits per heavy atom. The van der Waals surface area contributed by atoms with E-state index in [2.05, 4.69) is 140 Å². The maximum Gasteiger partial charge on any atom is 0.251 e. The molecule has 0 saturated heterocycles. The Labute approximate surface area is 254 Å². The van der Waals surface area contributed by atoms with Gasteiger partial charge < -0.3 is 9.32 Å². The number of para-hydroxylation sites is 3. The lowest BCUT2D eigenvalue weighted by molar-refractivity contribution is 0.588. The molecule has 200 valence electrons. The summed E-state index contributed by atoms with van der Waals surface area (Å²) in [5.74, 6) is 1.08. The van der Waals surface area contributed by atoms with Gasteiger partial charge in [-0.25, -0.2) is 0 Å². The van der Waals surface area contributed by atoms with Gasteiger partial charge in [0.2, 0.25) is 0 Å². The molecule has 2 nitrogen and oxygen atoms in total. The van der Waals surface area contributed by atoms with Gasteiger partial charge >= 0.3 is 0 Å². The van der Waals surface area contributed by atoms with Gasteiger partial charge in [-0.3, -0.25) is 0 Å². The van der Waals surface area contributed by atoms with Gasteiger partial charge in [0.25, 0.3) is 6.71 Å². The van der Waals surface area contributed by atoms with Crippen LogP contribution in [0.4, 0.5) is 17.1 Å². The molecule has 0 unspecified atom stereocenters. The van der Waals surface area contributed by atoms with Crippen LogP contribution in [-0.2, 0) is 5.41 Å². The topological polar surface area (TPSA) is 16.4 Å². The van der Waals surface area contributed by atoms with E-state index in [1.54, 1.807) is 0 Å². The Morgan fingerprint density at radius 2 is 1.31 bits per heavy atom. The summed E-state index contributed by atoms with van der Waals surface area (Å²) in [5, 5.41) is 1.24. The number of hydrogen-bond donors (Lipinski definition) is 0. The summed E-state index contributed by atoms with van der Waals surface area (Å²) in [5.41, 5.74) is 9.79. The van der Waals surface area contributed by atoms with Crippen molar-refractivity contribution in [2.75, 3.05) is 4.90 Å². The Balaban J connectivity index is 1.26. The summed E-state index contributed by atoms with van der Waals surface area (Å²) in [6.07, 6.45) is 0. The predicted octanol–water partition coefficient (Wildman–Crippen LogP) is 9.32. The largest absolute Gasteiger partial charge is 0.457 e. The summed E-state index contributed by atoms with van der Waals surface area (Å²) < 4.78 is 6.73. The molecule has 42 heavy (non-hydrogen) atoms. The van der Waals surface area contributed by atoms with E-state index >= 15 is 0 Å². The molecular weight excluding hydrogens is 549 g/mol. The minimum atomic E-state index is -0.127. The molecule has 3 aliphatic rings. The van der Waals surface area contributed by atoms with Crippen molar-refractivity contribution in [2.24, 2.45) is 0 Å². The Bertz CT molecular complexity index is 2040. The fraction of sp³-hybridized carbons (Fsp3) is 0.0811. The highest BCUT2D eigenvalue weighted by Gasteiger charge is 2.51. The van der Waals surface area contributed by atoms with Crippen LogP contribution in [0.5, 0.6) is 0 Å². The third-order valence-electron chi connectivity index (χ3n) is 8.91. The van der Waals surface area contributed by atoms with Gasteiger partial charge in [-0.15, -0.1) is 0 Å². The SMILES string of the molecule is CC1(C)C2=C(B3c4ccc(N(c5ccccc5)c5ccccc5)cc4Sc4cccc(c43)S2)c2oc3ccccc3c21. The highest BCUT2D eigenvalue weighted by molar-refractivity contribution is 8.04. The number of furan rings is 1. The fourth-order valence-corrected chi connectivity index (χ4v) is 9.77. The molecule has 0 N–H and O–H groups in total. The van der Waals surface area contributed by atoms with Gasteiger partial charge in [-0.05, 0) is 70.4 Å². The Kier molecular flexibility index (Phi) is 5.24.